The first-order chi connectivity index (χ1) is 12.1. The lowest BCUT2D eigenvalue weighted by Crippen LogP contribution is -2.40. The second kappa shape index (κ2) is 9.84. The van der Waals surface area contributed by atoms with Gasteiger partial charge in [0.2, 0.25) is 5.91 Å². The number of hydrogen-bond donors (Lipinski definition) is 2. The summed E-state index contributed by atoms with van der Waals surface area (Å²) < 4.78 is 0. The molecule has 0 radical (unpaired) electrons. The Labute approximate surface area is 153 Å². The fourth-order valence-corrected chi connectivity index (χ4v) is 3.20. The number of anilines is 1. The smallest absolute Gasteiger partial charge is 0.221 e. The molecule has 6 heteroatoms. The summed E-state index contributed by atoms with van der Waals surface area (Å²) in [6.07, 6.45) is 1.93. The molecule has 0 aliphatic rings. The highest BCUT2D eigenvalue weighted by Gasteiger charge is 2.06. The number of thiophene rings is 1. The van der Waals surface area contributed by atoms with Crippen LogP contribution in [0.2, 0.25) is 0 Å². The highest BCUT2D eigenvalue weighted by molar-refractivity contribution is 7.09. The average Bonchev–Trinajstić information content (AvgIpc) is 3.11. The highest BCUT2D eigenvalue weighted by Crippen LogP contribution is 2.10. The SMILES string of the molecule is CN=C(NCCc1ccc(NC(C)=O)cc1)N(C)CCc1cccs1. The van der Waals surface area contributed by atoms with Crippen LogP contribution in [0.1, 0.15) is 17.4 Å². The number of guanidine groups is 1. The Hall–Kier alpha value is -2.34. The van der Waals surface area contributed by atoms with Gasteiger partial charge in [0.1, 0.15) is 0 Å². The molecule has 0 spiro atoms. The van der Waals surface area contributed by atoms with Crippen molar-refractivity contribution in [3.63, 3.8) is 0 Å². The van der Waals surface area contributed by atoms with Gasteiger partial charge in [-0.1, -0.05) is 18.2 Å². The summed E-state index contributed by atoms with van der Waals surface area (Å²) >= 11 is 1.79. The van der Waals surface area contributed by atoms with Gasteiger partial charge in [-0.05, 0) is 42.0 Å². The van der Waals surface area contributed by atoms with E-state index in [1.165, 1.54) is 17.4 Å². The van der Waals surface area contributed by atoms with Gasteiger partial charge in [-0.25, -0.2) is 0 Å². The van der Waals surface area contributed by atoms with Gasteiger partial charge in [0, 0.05) is 44.7 Å². The molecule has 1 heterocycles. The van der Waals surface area contributed by atoms with Crippen LogP contribution in [0.15, 0.2) is 46.8 Å². The molecule has 5 nitrogen and oxygen atoms in total. The molecule has 0 fully saturated rings. The number of carbonyl (C=O) groups is 1. The maximum Gasteiger partial charge on any atom is 0.221 e. The van der Waals surface area contributed by atoms with Crippen molar-refractivity contribution >= 4 is 28.9 Å². The van der Waals surface area contributed by atoms with E-state index in [4.69, 9.17) is 0 Å². The largest absolute Gasteiger partial charge is 0.356 e. The Kier molecular flexibility index (Phi) is 7.47. The number of likely N-dealkylation sites (N-methyl/N-ethyl adjacent to an activating group) is 1. The monoisotopic (exact) mass is 358 g/mol. The number of amides is 1. The second-order valence-electron chi connectivity index (χ2n) is 5.85. The minimum absolute atomic E-state index is 0.0520. The van der Waals surface area contributed by atoms with Crippen molar-refractivity contribution < 1.29 is 4.79 Å². The van der Waals surface area contributed by atoms with Gasteiger partial charge in [-0.15, -0.1) is 11.3 Å². The van der Waals surface area contributed by atoms with Crippen LogP contribution in [0, 0.1) is 0 Å². The molecule has 2 aromatic rings. The Morgan fingerprint density at radius 3 is 2.56 bits per heavy atom. The van der Waals surface area contributed by atoms with Crippen LogP contribution >= 0.6 is 11.3 Å². The van der Waals surface area contributed by atoms with Crippen LogP contribution in [-0.2, 0) is 17.6 Å². The lowest BCUT2D eigenvalue weighted by Gasteiger charge is -2.21. The molecule has 0 saturated carbocycles. The summed E-state index contributed by atoms with van der Waals surface area (Å²) in [6.45, 7) is 3.26. The van der Waals surface area contributed by atoms with Crippen molar-refractivity contribution in [1.82, 2.24) is 10.2 Å². The van der Waals surface area contributed by atoms with Gasteiger partial charge >= 0.3 is 0 Å². The van der Waals surface area contributed by atoms with E-state index in [9.17, 15) is 4.79 Å². The van der Waals surface area contributed by atoms with Crippen molar-refractivity contribution in [3.05, 3.63) is 52.2 Å². The molecule has 0 unspecified atom stereocenters. The first kappa shape index (κ1) is 19.0. The van der Waals surface area contributed by atoms with Crippen molar-refractivity contribution in [2.45, 2.75) is 19.8 Å². The first-order valence-corrected chi connectivity index (χ1v) is 9.27. The van der Waals surface area contributed by atoms with E-state index in [-0.39, 0.29) is 5.91 Å². The van der Waals surface area contributed by atoms with E-state index in [2.05, 4.69) is 45.1 Å². The molecule has 0 aliphatic heterocycles. The predicted octanol–water partition coefficient (Wildman–Crippen LogP) is 3.00. The Balaban J connectivity index is 1.75. The van der Waals surface area contributed by atoms with E-state index in [0.717, 1.165) is 37.6 Å². The van der Waals surface area contributed by atoms with Gasteiger partial charge in [0.05, 0.1) is 0 Å². The molecule has 1 amide bonds. The minimum atomic E-state index is -0.0520. The lowest BCUT2D eigenvalue weighted by atomic mass is 10.1. The fourth-order valence-electron chi connectivity index (χ4n) is 2.50. The van der Waals surface area contributed by atoms with Gasteiger partial charge in [0.25, 0.3) is 0 Å². The third-order valence-electron chi connectivity index (χ3n) is 3.82. The van der Waals surface area contributed by atoms with Crippen LogP contribution in [0.4, 0.5) is 5.69 Å². The summed E-state index contributed by atoms with van der Waals surface area (Å²) in [7, 11) is 3.87. The van der Waals surface area contributed by atoms with E-state index >= 15 is 0 Å². The first-order valence-electron chi connectivity index (χ1n) is 8.39. The van der Waals surface area contributed by atoms with Gasteiger partial charge in [-0.2, -0.15) is 0 Å². The van der Waals surface area contributed by atoms with E-state index in [1.54, 1.807) is 11.3 Å². The molecule has 0 bridgehead atoms. The molecule has 134 valence electrons. The van der Waals surface area contributed by atoms with Crippen LogP contribution in [0.5, 0.6) is 0 Å². The van der Waals surface area contributed by atoms with Gasteiger partial charge < -0.3 is 15.5 Å². The maximum absolute atomic E-state index is 11.0. The lowest BCUT2D eigenvalue weighted by molar-refractivity contribution is -0.114. The van der Waals surface area contributed by atoms with Crippen LogP contribution in [0.25, 0.3) is 0 Å². The third kappa shape index (κ3) is 6.58. The summed E-state index contributed by atoms with van der Waals surface area (Å²) in [5.74, 6) is 0.857. The van der Waals surface area contributed by atoms with Crippen molar-refractivity contribution in [2.24, 2.45) is 4.99 Å². The Morgan fingerprint density at radius 1 is 1.20 bits per heavy atom. The van der Waals surface area contributed by atoms with Crippen molar-refractivity contribution in [2.75, 3.05) is 32.5 Å². The molecule has 25 heavy (non-hydrogen) atoms. The average molecular weight is 359 g/mol. The number of benzene rings is 1. The molecule has 1 aromatic heterocycles. The van der Waals surface area contributed by atoms with Gasteiger partial charge in [0.15, 0.2) is 5.96 Å². The minimum Gasteiger partial charge on any atom is -0.356 e. The normalized spacial score (nSPS) is 11.2. The molecule has 0 saturated heterocycles. The quantitative estimate of drug-likeness (QED) is 0.591. The molecule has 0 atom stereocenters. The number of rotatable bonds is 7. The second-order valence-corrected chi connectivity index (χ2v) is 6.89. The van der Waals surface area contributed by atoms with E-state index < -0.39 is 0 Å². The fraction of sp³-hybridized carbons (Fsp3) is 0.368. The van der Waals surface area contributed by atoms with Crippen molar-refractivity contribution in [3.8, 4) is 0 Å². The zero-order chi connectivity index (χ0) is 18.1. The van der Waals surface area contributed by atoms with Crippen molar-refractivity contribution in [1.29, 1.82) is 0 Å². The van der Waals surface area contributed by atoms with Crippen LogP contribution in [0.3, 0.4) is 0 Å². The van der Waals surface area contributed by atoms with E-state index in [0.29, 0.717) is 0 Å². The highest BCUT2D eigenvalue weighted by atomic mass is 32.1. The predicted molar refractivity (Wildman–Crippen MR) is 106 cm³/mol. The third-order valence-corrected chi connectivity index (χ3v) is 4.75. The number of carbonyl (C=O) groups excluding carboxylic acids is 1. The zero-order valence-corrected chi connectivity index (χ0v) is 15.9. The van der Waals surface area contributed by atoms with Crippen LogP contribution < -0.4 is 10.6 Å². The Bertz CT molecular complexity index is 680. The number of nitrogens with zero attached hydrogens (tertiary/aromatic N) is 2. The summed E-state index contributed by atoms with van der Waals surface area (Å²) in [4.78, 5) is 18.9. The maximum atomic E-state index is 11.0. The molecule has 2 N–H and O–H groups in total. The summed E-state index contributed by atoms with van der Waals surface area (Å²) in [5, 5.41) is 8.29. The molecular formula is C19H26N4OS. The van der Waals surface area contributed by atoms with Gasteiger partial charge in [-0.3, -0.25) is 9.79 Å². The van der Waals surface area contributed by atoms with Crippen LogP contribution in [-0.4, -0.2) is 44.0 Å². The molecule has 0 aliphatic carbocycles. The molecular weight excluding hydrogens is 332 g/mol. The Morgan fingerprint density at radius 2 is 1.96 bits per heavy atom. The number of aliphatic imine (C=N–C) groups is 1. The number of nitrogens with one attached hydrogen (secondary N) is 2. The number of hydrogen-bond acceptors (Lipinski definition) is 3. The molecule has 2 rings (SSSR count). The molecule has 1 aromatic carbocycles. The zero-order valence-electron chi connectivity index (χ0n) is 15.1. The standard InChI is InChI=1S/C19H26N4OS/c1-15(24)22-17-8-6-16(7-9-17)10-12-21-19(20-2)23(3)13-11-18-5-4-14-25-18/h4-9,14H,10-13H2,1-3H3,(H,20,21)(H,22,24). The van der Waals surface area contributed by atoms with E-state index in [1.807, 2.05) is 31.3 Å². The topological polar surface area (TPSA) is 56.7 Å². The summed E-state index contributed by atoms with van der Waals surface area (Å²) in [6, 6.07) is 12.2. The summed E-state index contributed by atoms with van der Waals surface area (Å²) in [5.41, 5.74) is 2.05.